The molecule has 6 aromatic rings. The topological polar surface area (TPSA) is 94.9 Å². The number of nitrogens with zero attached hydrogens (tertiary/aromatic N) is 3. The van der Waals surface area contributed by atoms with E-state index in [9.17, 15) is 27.2 Å². The number of benzene rings is 4. The average molecular weight is 773 g/mol. The number of likely N-dealkylation sites (tertiary alicyclic amines) is 1. The van der Waals surface area contributed by atoms with Crippen molar-refractivity contribution in [1.82, 2.24) is 14.5 Å². The SMILES string of the molecule is COc1cc2c(Oc3ccc(NC(=O)c4cn(-c5ccccc5C(F)(F)F)c5cc(F)ccc5c4=O)cc3F)ccnc2cc1OCCCN1CCC(C)CC1. The number of alkyl halides is 3. The number of hydrogen-bond donors (Lipinski definition) is 1. The lowest BCUT2D eigenvalue weighted by molar-refractivity contribution is -0.137. The molecule has 56 heavy (non-hydrogen) atoms. The van der Waals surface area contributed by atoms with Crippen LogP contribution in [0.5, 0.6) is 23.0 Å². The number of pyridine rings is 2. The minimum absolute atomic E-state index is 0.0708. The number of anilines is 1. The van der Waals surface area contributed by atoms with E-state index in [-0.39, 0.29) is 28.1 Å². The van der Waals surface area contributed by atoms with Gasteiger partial charge in [-0.2, -0.15) is 13.2 Å². The number of fused-ring (bicyclic) bond motifs is 2. The molecule has 9 nitrogen and oxygen atoms in total. The summed E-state index contributed by atoms with van der Waals surface area (Å²) in [5.41, 5.74) is -2.65. The Morgan fingerprint density at radius 2 is 1.70 bits per heavy atom. The summed E-state index contributed by atoms with van der Waals surface area (Å²) in [6.45, 7) is 5.90. The van der Waals surface area contributed by atoms with E-state index in [1.807, 2.05) is 0 Å². The van der Waals surface area contributed by atoms with Crippen LogP contribution in [0.25, 0.3) is 27.5 Å². The molecule has 7 rings (SSSR count). The van der Waals surface area contributed by atoms with E-state index in [0.717, 1.165) is 79.1 Å². The van der Waals surface area contributed by atoms with Gasteiger partial charge in [-0.05, 0) is 92.9 Å². The second-order valence-electron chi connectivity index (χ2n) is 13.7. The van der Waals surface area contributed by atoms with Gasteiger partial charge in [0.15, 0.2) is 23.1 Å². The van der Waals surface area contributed by atoms with Crippen molar-refractivity contribution in [3.8, 4) is 28.7 Å². The number of ether oxygens (including phenoxy) is 3. The van der Waals surface area contributed by atoms with Crippen molar-refractivity contribution in [3.05, 3.63) is 124 Å². The third-order valence-electron chi connectivity index (χ3n) is 9.83. The minimum atomic E-state index is -4.81. The highest BCUT2D eigenvalue weighted by molar-refractivity contribution is 6.06. The van der Waals surface area contributed by atoms with Crippen LogP contribution >= 0.6 is 0 Å². The number of piperidine rings is 1. The van der Waals surface area contributed by atoms with Crippen molar-refractivity contribution < 1.29 is 41.0 Å². The number of aromatic nitrogens is 2. The van der Waals surface area contributed by atoms with Crippen molar-refractivity contribution in [2.75, 3.05) is 38.7 Å². The van der Waals surface area contributed by atoms with Crippen LogP contribution in [0, 0.1) is 17.6 Å². The largest absolute Gasteiger partial charge is 0.493 e. The number of rotatable bonds is 11. The lowest BCUT2D eigenvalue weighted by Crippen LogP contribution is -2.34. The number of carbonyl (C=O) groups is 1. The van der Waals surface area contributed by atoms with Gasteiger partial charge in [0.05, 0.1) is 36.0 Å². The second-order valence-corrected chi connectivity index (χ2v) is 13.7. The molecule has 0 saturated carbocycles. The molecule has 0 spiro atoms. The highest BCUT2D eigenvalue weighted by Gasteiger charge is 2.34. The molecule has 0 atom stereocenters. The molecule has 1 amide bonds. The highest BCUT2D eigenvalue weighted by atomic mass is 19.4. The third-order valence-corrected chi connectivity index (χ3v) is 9.83. The van der Waals surface area contributed by atoms with Crippen LogP contribution in [0.3, 0.4) is 0 Å². The van der Waals surface area contributed by atoms with Gasteiger partial charge >= 0.3 is 6.18 Å². The number of halogens is 5. The van der Waals surface area contributed by atoms with Crippen LogP contribution in [0.2, 0.25) is 0 Å². The molecule has 1 fully saturated rings. The first kappa shape index (κ1) is 38.3. The van der Waals surface area contributed by atoms with Gasteiger partial charge in [0.1, 0.15) is 17.1 Å². The standard InChI is InChI=1S/C42H37F5N4O5/c1-25-13-17-50(18-14-25)16-5-19-55-39-23-33-29(22-38(39)54-2)36(12-15-48-33)56-37-11-9-27(21-32(37)44)49-41(53)30-24-51(34-7-4-3-6-31(34)42(45,46)47)35-20-26(43)8-10-28(35)40(30)52/h3-4,6-12,15,20-25H,5,13-14,16-19H2,1-2H3,(H,49,53). The molecule has 1 N–H and O–H groups in total. The normalized spacial score (nSPS) is 13.9. The summed E-state index contributed by atoms with van der Waals surface area (Å²) in [6, 6.07) is 16.0. The van der Waals surface area contributed by atoms with E-state index in [0.29, 0.717) is 29.0 Å². The van der Waals surface area contributed by atoms with Gasteiger partial charge in [0.2, 0.25) is 5.43 Å². The summed E-state index contributed by atoms with van der Waals surface area (Å²) in [7, 11) is 1.51. The monoisotopic (exact) mass is 772 g/mol. The van der Waals surface area contributed by atoms with Gasteiger partial charge < -0.3 is 29.0 Å². The van der Waals surface area contributed by atoms with Crippen LogP contribution in [0.15, 0.2) is 96.1 Å². The third kappa shape index (κ3) is 8.15. The Hall–Kier alpha value is -6.02. The van der Waals surface area contributed by atoms with Crippen LogP contribution in [0.4, 0.5) is 27.6 Å². The van der Waals surface area contributed by atoms with E-state index >= 15 is 4.39 Å². The molecule has 3 heterocycles. The van der Waals surface area contributed by atoms with Gasteiger partial charge in [-0.15, -0.1) is 0 Å². The van der Waals surface area contributed by atoms with Crippen molar-refractivity contribution in [1.29, 1.82) is 0 Å². The van der Waals surface area contributed by atoms with Crippen LogP contribution < -0.4 is 25.0 Å². The lowest BCUT2D eigenvalue weighted by Gasteiger charge is -2.30. The molecule has 0 bridgehead atoms. The second kappa shape index (κ2) is 16.0. The number of nitrogens with one attached hydrogen (secondary N) is 1. The Kier molecular flexibility index (Phi) is 10.9. The Balaban J connectivity index is 1.10. The summed E-state index contributed by atoms with van der Waals surface area (Å²) >= 11 is 0. The van der Waals surface area contributed by atoms with Crippen molar-refractivity contribution in [3.63, 3.8) is 0 Å². The highest BCUT2D eigenvalue weighted by Crippen LogP contribution is 2.38. The Labute approximate surface area is 318 Å². The van der Waals surface area contributed by atoms with E-state index < -0.39 is 46.0 Å². The van der Waals surface area contributed by atoms with Crippen molar-refractivity contribution in [2.45, 2.75) is 32.4 Å². The first-order valence-electron chi connectivity index (χ1n) is 18.0. The summed E-state index contributed by atoms with van der Waals surface area (Å²) in [6.07, 6.45) is 0.870. The fourth-order valence-corrected chi connectivity index (χ4v) is 6.81. The van der Waals surface area contributed by atoms with Crippen molar-refractivity contribution in [2.24, 2.45) is 5.92 Å². The summed E-state index contributed by atoms with van der Waals surface area (Å²) in [5, 5.41) is 2.76. The van der Waals surface area contributed by atoms with Gasteiger partial charge in [0.25, 0.3) is 5.91 Å². The van der Waals surface area contributed by atoms with E-state index in [1.54, 1.807) is 18.2 Å². The molecule has 290 valence electrons. The minimum Gasteiger partial charge on any atom is -0.493 e. The smallest absolute Gasteiger partial charge is 0.418 e. The zero-order chi connectivity index (χ0) is 39.6. The molecule has 0 aliphatic carbocycles. The number of para-hydroxylation sites is 1. The zero-order valence-corrected chi connectivity index (χ0v) is 30.5. The average Bonchev–Trinajstić information content (AvgIpc) is 3.17. The van der Waals surface area contributed by atoms with E-state index in [2.05, 4.69) is 22.1 Å². The number of carbonyl (C=O) groups excluding carboxylic acids is 1. The quantitative estimate of drug-likeness (QED) is 0.104. The maximum absolute atomic E-state index is 15.5. The fraction of sp³-hybridized carbons (Fsp3) is 0.262. The molecular weight excluding hydrogens is 735 g/mol. The Bertz CT molecular complexity index is 2480. The van der Waals surface area contributed by atoms with Gasteiger partial charge in [-0.1, -0.05) is 19.1 Å². The zero-order valence-electron chi connectivity index (χ0n) is 30.5. The van der Waals surface area contributed by atoms with E-state index in [1.165, 1.54) is 50.4 Å². The number of amides is 1. The maximum atomic E-state index is 15.5. The molecule has 1 saturated heterocycles. The first-order valence-corrected chi connectivity index (χ1v) is 18.0. The van der Waals surface area contributed by atoms with Gasteiger partial charge in [0, 0.05) is 47.5 Å². The Morgan fingerprint density at radius 3 is 2.45 bits per heavy atom. The predicted octanol–water partition coefficient (Wildman–Crippen LogP) is 9.39. The number of methoxy groups -OCH3 is 1. The maximum Gasteiger partial charge on any atom is 0.418 e. The van der Waals surface area contributed by atoms with Gasteiger partial charge in [-0.25, -0.2) is 8.78 Å². The molecule has 0 unspecified atom stereocenters. The fourth-order valence-electron chi connectivity index (χ4n) is 6.81. The summed E-state index contributed by atoms with van der Waals surface area (Å²) < 4.78 is 90.4. The molecule has 14 heteroatoms. The van der Waals surface area contributed by atoms with Gasteiger partial charge in [-0.3, -0.25) is 14.6 Å². The molecular formula is C42H37F5N4O5. The molecule has 4 aromatic carbocycles. The van der Waals surface area contributed by atoms with E-state index in [4.69, 9.17) is 14.2 Å². The van der Waals surface area contributed by atoms with Crippen molar-refractivity contribution >= 4 is 33.4 Å². The summed E-state index contributed by atoms with van der Waals surface area (Å²) in [4.78, 5) is 33.8. The number of hydrogen-bond acceptors (Lipinski definition) is 7. The van der Waals surface area contributed by atoms with Crippen LogP contribution in [-0.4, -0.2) is 53.7 Å². The molecule has 1 aliphatic rings. The molecule has 0 radical (unpaired) electrons. The summed E-state index contributed by atoms with van der Waals surface area (Å²) in [5.74, 6) is -0.902. The molecule has 1 aliphatic heterocycles. The first-order chi connectivity index (χ1) is 26.9. The Morgan fingerprint density at radius 1 is 0.911 bits per heavy atom. The van der Waals surface area contributed by atoms with Crippen LogP contribution in [0.1, 0.15) is 42.1 Å². The predicted molar refractivity (Wildman–Crippen MR) is 202 cm³/mol. The van der Waals surface area contributed by atoms with Crippen LogP contribution in [-0.2, 0) is 6.18 Å². The lowest BCUT2D eigenvalue weighted by atomic mass is 9.99. The molecule has 2 aromatic heterocycles.